The summed E-state index contributed by atoms with van der Waals surface area (Å²) < 4.78 is 60.7. The van der Waals surface area contributed by atoms with Gasteiger partial charge < -0.3 is 0 Å². The molecule has 1 saturated carbocycles. The number of likely N-dealkylation sites (tertiary alicyclic amines) is 1. The Morgan fingerprint density at radius 3 is 2.23 bits per heavy atom. The number of rotatable bonds is 2. The first kappa shape index (κ1) is 18.2. The van der Waals surface area contributed by atoms with E-state index >= 15 is 0 Å². The molecule has 5 nitrogen and oxygen atoms in total. The number of alkyl halides is 3. The van der Waals surface area contributed by atoms with Crippen molar-refractivity contribution >= 4 is 9.84 Å². The zero-order valence-electron chi connectivity index (χ0n) is 14.4. The Kier molecular flexibility index (Phi) is 4.30. The quantitative estimate of drug-likeness (QED) is 0.778. The van der Waals surface area contributed by atoms with Gasteiger partial charge in [-0.2, -0.15) is 13.2 Å². The van der Waals surface area contributed by atoms with E-state index in [9.17, 15) is 21.6 Å². The van der Waals surface area contributed by atoms with E-state index in [0.29, 0.717) is 17.5 Å². The molecular formula is C17H22F3N3O2S. The van der Waals surface area contributed by atoms with E-state index in [-0.39, 0.29) is 11.3 Å². The molecule has 9 heteroatoms. The van der Waals surface area contributed by atoms with Crippen molar-refractivity contribution in [2.24, 2.45) is 5.41 Å². The normalized spacial score (nSPS) is 31.0. The summed E-state index contributed by atoms with van der Waals surface area (Å²) in [6.07, 6.45) is 2.84. The first-order valence-electron chi connectivity index (χ1n) is 9.00. The van der Waals surface area contributed by atoms with Crippen LogP contribution >= 0.6 is 0 Å². The number of hydrogen-bond acceptors (Lipinski definition) is 5. The van der Waals surface area contributed by atoms with E-state index in [2.05, 4.69) is 14.9 Å². The molecule has 2 aliphatic heterocycles. The van der Waals surface area contributed by atoms with E-state index < -0.39 is 21.8 Å². The van der Waals surface area contributed by atoms with E-state index in [1.807, 2.05) is 0 Å². The van der Waals surface area contributed by atoms with E-state index in [4.69, 9.17) is 0 Å². The summed E-state index contributed by atoms with van der Waals surface area (Å²) in [4.78, 5) is 9.36. The molecule has 2 saturated heterocycles. The molecule has 0 N–H and O–H groups in total. The highest BCUT2D eigenvalue weighted by Gasteiger charge is 2.52. The van der Waals surface area contributed by atoms with Crippen molar-refractivity contribution in [2.75, 3.05) is 24.6 Å². The Bertz CT molecular complexity index is 759. The average Bonchev–Trinajstić information content (AvgIpc) is 2.98. The van der Waals surface area contributed by atoms with Crippen molar-refractivity contribution in [1.29, 1.82) is 0 Å². The largest absolute Gasteiger partial charge is 0.451 e. The summed E-state index contributed by atoms with van der Waals surface area (Å²) in [5, 5.41) is 0. The third-order valence-corrected chi connectivity index (χ3v) is 8.23. The minimum absolute atomic E-state index is 0.0169. The molecule has 1 aromatic heterocycles. The number of halogens is 3. The molecule has 0 bridgehead atoms. The molecular weight excluding hydrogens is 367 g/mol. The van der Waals surface area contributed by atoms with Crippen LogP contribution in [0.5, 0.6) is 0 Å². The minimum Gasteiger partial charge on any atom is -0.300 e. The summed E-state index contributed by atoms with van der Waals surface area (Å²) in [7, 11) is -2.81. The molecule has 144 valence electrons. The molecule has 4 rings (SSSR count). The van der Waals surface area contributed by atoms with Gasteiger partial charge in [-0.25, -0.2) is 18.4 Å². The number of aromatic nitrogens is 2. The molecule has 1 spiro atoms. The molecule has 1 aliphatic carbocycles. The van der Waals surface area contributed by atoms with Gasteiger partial charge in [0, 0.05) is 30.4 Å². The molecule has 0 unspecified atom stereocenters. The van der Waals surface area contributed by atoms with Gasteiger partial charge in [0.25, 0.3) is 0 Å². The Labute approximate surface area is 150 Å². The molecule has 0 aromatic carbocycles. The van der Waals surface area contributed by atoms with Crippen LogP contribution in [0.15, 0.2) is 12.4 Å². The Morgan fingerprint density at radius 2 is 1.69 bits per heavy atom. The smallest absolute Gasteiger partial charge is 0.300 e. The number of sulfone groups is 1. The maximum atomic E-state index is 12.6. The first-order valence-corrected chi connectivity index (χ1v) is 10.8. The van der Waals surface area contributed by atoms with E-state index in [1.54, 1.807) is 0 Å². The molecule has 0 atom stereocenters. The molecule has 0 amide bonds. The summed E-state index contributed by atoms with van der Waals surface area (Å²) in [6.45, 7) is 1.82. The molecule has 3 fully saturated rings. The van der Waals surface area contributed by atoms with Crippen LogP contribution in [0.1, 0.15) is 49.4 Å². The van der Waals surface area contributed by atoms with Gasteiger partial charge in [0.15, 0.2) is 9.84 Å². The lowest BCUT2D eigenvalue weighted by molar-refractivity contribution is -0.145. The van der Waals surface area contributed by atoms with Gasteiger partial charge in [-0.3, -0.25) is 4.90 Å². The van der Waals surface area contributed by atoms with Crippen molar-refractivity contribution in [1.82, 2.24) is 14.9 Å². The van der Waals surface area contributed by atoms with Crippen LogP contribution < -0.4 is 0 Å². The van der Waals surface area contributed by atoms with Crippen LogP contribution in [0, 0.1) is 5.41 Å². The van der Waals surface area contributed by atoms with Crippen LogP contribution in [0.4, 0.5) is 13.2 Å². The average molecular weight is 389 g/mol. The molecule has 1 aromatic rings. The first-order chi connectivity index (χ1) is 12.2. The number of nitrogens with zero attached hydrogens (tertiary/aromatic N) is 3. The van der Waals surface area contributed by atoms with Crippen molar-refractivity contribution < 1.29 is 21.6 Å². The summed E-state index contributed by atoms with van der Waals surface area (Å²) in [5.41, 5.74) is 0.760. The fourth-order valence-corrected chi connectivity index (χ4v) is 7.13. The lowest BCUT2D eigenvalue weighted by atomic mass is 9.82. The molecule has 26 heavy (non-hydrogen) atoms. The van der Waals surface area contributed by atoms with Gasteiger partial charge in [-0.1, -0.05) is 0 Å². The highest BCUT2D eigenvalue weighted by atomic mass is 32.2. The predicted octanol–water partition coefficient (Wildman–Crippen LogP) is 2.64. The zero-order chi connectivity index (χ0) is 18.6. The standard InChI is InChI=1S/C17H22F3N3O2S/c18-17(19,20)15-21-7-13(8-22-15)12-1-3-14(4-2-12)23-6-5-16(9-23)10-26(24,25)11-16/h7-8,12,14H,1-6,9-11H2/t12-,14-. The summed E-state index contributed by atoms with van der Waals surface area (Å²) in [5.74, 6) is -0.231. The third-order valence-electron chi connectivity index (χ3n) is 6.13. The highest BCUT2D eigenvalue weighted by molar-refractivity contribution is 7.92. The fraction of sp³-hybridized carbons (Fsp3) is 0.765. The highest BCUT2D eigenvalue weighted by Crippen LogP contribution is 2.44. The lowest BCUT2D eigenvalue weighted by Gasteiger charge is -2.40. The van der Waals surface area contributed by atoms with Crippen molar-refractivity contribution in [2.45, 2.75) is 50.2 Å². The van der Waals surface area contributed by atoms with Gasteiger partial charge in [0.05, 0.1) is 11.5 Å². The van der Waals surface area contributed by atoms with Crippen molar-refractivity contribution in [3.8, 4) is 0 Å². The van der Waals surface area contributed by atoms with Crippen LogP contribution in [0.2, 0.25) is 0 Å². The van der Waals surface area contributed by atoms with Crippen LogP contribution in [0.25, 0.3) is 0 Å². The van der Waals surface area contributed by atoms with Gasteiger partial charge in [0.1, 0.15) is 0 Å². The second-order valence-corrected chi connectivity index (χ2v) is 10.2. The van der Waals surface area contributed by atoms with Crippen LogP contribution in [-0.4, -0.2) is 53.9 Å². The zero-order valence-corrected chi connectivity index (χ0v) is 15.2. The van der Waals surface area contributed by atoms with Crippen LogP contribution in [-0.2, 0) is 16.0 Å². The molecule has 3 aliphatic rings. The van der Waals surface area contributed by atoms with Gasteiger partial charge in [-0.05, 0) is 50.1 Å². The maximum Gasteiger partial charge on any atom is 0.451 e. The Hall–Kier alpha value is -1.22. The number of hydrogen-bond donors (Lipinski definition) is 0. The monoisotopic (exact) mass is 389 g/mol. The minimum atomic E-state index is -4.50. The van der Waals surface area contributed by atoms with E-state index in [1.165, 1.54) is 12.4 Å². The third kappa shape index (κ3) is 3.47. The SMILES string of the molecule is O=S1(=O)CC2(CCN([C@H]3CC[C@H](c4cnc(C(F)(F)F)nc4)CC3)C2)C1. The topological polar surface area (TPSA) is 63.2 Å². The summed E-state index contributed by atoms with van der Waals surface area (Å²) >= 11 is 0. The predicted molar refractivity (Wildman–Crippen MR) is 89.3 cm³/mol. The Morgan fingerprint density at radius 1 is 1.08 bits per heavy atom. The summed E-state index contributed by atoms with van der Waals surface area (Å²) in [6, 6.07) is 0.448. The van der Waals surface area contributed by atoms with Crippen molar-refractivity contribution in [3.63, 3.8) is 0 Å². The second-order valence-electron chi connectivity index (χ2n) is 8.10. The van der Waals surface area contributed by atoms with E-state index in [0.717, 1.165) is 50.8 Å². The Balaban J connectivity index is 1.32. The second kappa shape index (κ2) is 6.15. The molecule has 3 heterocycles. The van der Waals surface area contributed by atoms with Gasteiger partial charge in [0.2, 0.25) is 5.82 Å². The van der Waals surface area contributed by atoms with Crippen LogP contribution in [0.3, 0.4) is 0 Å². The van der Waals surface area contributed by atoms with Gasteiger partial charge >= 0.3 is 6.18 Å². The maximum absolute atomic E-state index is 12.6. The fourth-order valence-electron chi connectivity index (χ4n) is 4.88. The molecule has 0 radical (unpaired) electrons. The lowest BCUT2D eigenvalue weighted by Crippen LogP contribution is -2.51. The van der Waals surface area contributed by atoms with Crippen molar-refractivity contribution in [3.05, 3.63) is 23.8 Å². The van der Waals surface area contributed by atoms with Gasteiger partial charge in [-0.15, -0.1) is 0 Å².